The van der Waals surface area contributed by atoms with E-state index < -0.39 is 23.7 Å². The van der Waals surface area contributed by atoms with Crippen LogP contribution in [0.3, 0.4) is 0 Å². The fourth-order valence-electron chi connectivity index (χ4n) is 2.22. The van der Waals surface area contributed by atoms with E-state index in [1.54, 1.807) is 13.8 Å². The summed E-state index contributed by atoms with van der Waals surface area (Å²) >= 11 is 0. The molecule has 0 N–H and O–H groups in total. The maximum Gasteiger partial charge on any atom is 0.306 e. The Kier molecular flexibility index (Phi) is 5.85. The van der Waals surface area contributed by atoms with E-state index in [-0.39, 0.29) is 25.6 Å². The van der Waals surface area contributed by atoms with Gasteiger partial charge >= 0.3 is 5.97 Å². The van der Waals surface area contributed by atoms with Crippen molar-refractivity contribution in [3.8, 4) is 0 Å². The smallest absolute Gasteiger partial charge is 0.306 e. The summed E-state index contributed by atoms with van der Waals surface area (Å²) < 4.78 is 43.0. The van der Waals surface area contributed by atoms with Crippen molar-refractivity contribution >= 4 is 5.97 Å². The number of halogens is 2. The van der Waals surface area contributed by atoms with E-state index in [2.05, 4.69) is 0 Å². The fourth-order valence-corrected chi connectivity index (χ4v) is 2.22. The zero-order valence-electron chi connectivity index (χ0n) is 12.7. The second-order valence-corrected chi connectivity index (χ2v) is 5.19. The Bertz CT molecular complexity index is 529. The molecule has 0 spiro atoms. The van der Waals surface area contributed by atoms with Gasteiger partial charge < -0.3 is 14.2 Å². The van der Waals surface area contributed by atoms with Gasteiger partial charge in [0.25, 0.3) is 0 Å². The number of hydrogen-bond acceptors (Lipinski definition) is 4. The predicted molar refractivity (Wildman–Crippen MR) is 75.4 cm³/mol. The Hall–Kier alpha value is -1.53. The van der Waals surface area contributed by atoms with Gasteiger partial charge in [-0.15, -0.1) is 0 Å². The quantitative estimate of drug-likeness (QED) is 0.547. The van der Waals surface area contributed by atoms with Gasteiger partial charge in [-0.1, -0.05) is 0 Å². The summed E-state index contributed by atoms with van der Waals surface area (Å²) in [6.45, 7) is 4.75. The summed E-state index contributed by atoms with van der Waals surface area (Å²) in [4.78, 5) is 11.4. The number of carbonyl (C=O) groups is 1. The molecule has 0 aliphatic carbocycles. The summed E-state index contributed by atoms with van der Waals surface area (Å²) in [5.74, 6) is -1.74. The zero-order valence-corrected chi connectivity index (χ0v) is 12.7. The largest absolute Gasteiger partial charge is 0.466 e. The highest BCUT2D eigenvalue weighted by molar-refractivity contribution is 5.69. The molecular formula is C16H20F2O4. The van der Waals surface area contributed by atoms with Gasteiger partial charge in [-0.2, -0.15) is 0 Å². The molecule has 22 heavy (non-hydrogen) atoms. The first-order valence-electron chi connectivity index (χ1n) is 7.38. The Morgan fingerprint density at radius 2 is 2.18 bits per heavy atom. The van der Waals surface area contributed by atoms with Gasteiger partial charge in [-0.25, -0.2) is 8.78 Å². The normalized spacial score (nSPS) is 18.1. The molecule has 1 aliphatic rings. The maximum atomic E-state index is 14.0. The Labute approximate surface area is 128 Å². The van der Waals surface area contributed by atoms with Gasteiger partial charge in [0.1, 0.15) is 17.7 Å². The van der Waals surface area contributed by atoms with Crippen molar-refractivity contribution in [1.29, 1.82) is 0 Å². The van der Waals surface area contributed by atoms with Crippen LogP contribution in [-0.4, -0.2) is 31.9 Å². The van der Waals surface area contributed by atoms with Crippen molar-refractivity contribution in [3.05, 3.63) is 34.9 Å². The maximum absolute atomic E-state index is 14.0. The lowest BCUT2D eigenvalue weighted by molar-refractivity contribution is -0.143. The third-order valence-corrected chi connectivity index (χ3v) is 3.45. The van der Waals surface area contributed by atoms with Crippen LogP contribution in [0.5, 0.6) is 0 Å². The number of hydrogen-bond donors (Lipinski definition) is 0. The fraction of sp³-hybridized carbons (Fsp3) is 0.562. The van der Waals surface area contributed by atoms with Gasteiger partial charge in [-0.05, 0) is 37.5 Å². The van der Waals surface area contributed by atoms with E-state index in [0.29, 0.717) is 24.3 Å². The first-order valence-corrected chi connectivity index (χ1v) is 7.38. The summed E-state index contributed by atoms with van der Waals surface area (Å²) in [7, 11) is 0. The molecule has 4 nitrogen and oxygen atoms in total. The average molecular weight is 314 g/mol. The molecule has 2 atom stereocenters. The molecule has 0 bridgehead atoms. The first kappa shape index (κ1) is 16.8. The van der Waals surface area contributed by atoms with Gasteiger partial charge in [0, 0.05) is 12.5 Å². The van der Waals surface area contributed by atoms with Gasteiger partial charge in [-0.3, -0.25) is 4.79 Å². The number of benzene rings is 1. The summed E-state index contributed by atoms with van der Waals surface area (Å²) in [6, 6.07) is 2.07. The molecule has 1 aliphatic heterocycles. The van der Waals surface area contributed by atoms with Crippen molar-refractivity contribution in [3.63, 3.8) is 0 Å². The summed E-state index contributed by atoms with van der Waals surface area (Å²) in [5, 5.41) is 0. The molecule has 1 unspecified atom stereocenters. The number of rotatable bonds is 8. The van der Waals surface area contributed by atoms with Crippen LogP contribution in [0.25, 0.3) is 0 Å². The van der Waals surface area contributed by atoms with Crippen LogP contribution in [-0.2, 0) is 25.4 Å². The Morgan fingerprint density at radius 1 is 1.45 bits per heavy atom. The lowest BCUT2D eigenvalue weighted by Crippen LogP contribution is -2.12. The van der Waals surface area contributed by atoms with Gasteiger partial charge in [0.2, 0.25) is 0 Å². The predicted octanol–water partition coefficient (Wildman–Crippen LogP) is 2.94. The molecule has 2 rings (SSSR count). The highest BCUT2D eigenvalue weighted by Crippen LogP contribution is 2.27. The molecular weight excluding hydrogens is 294 g/mol. The van der Waals surface area contributed by atoms with Crippen molar-refractivity contribution < 1.29 is 27.8 Å². The number of ether oxygens (including phenoxy) is 3. The topological polar surface area (TPSA) is 48.1 Å². The highest BCUT2D eigenvalue weighted by Gasteiger charge is 2.25. The average Bonchev–Trinajstić information content (AvgIpc) is 3.27. The lowest BCUT2D eigenvalue weighted by atomic mass is 9.98. The first-order chi connectivity index (χ1) is 10.5. The van der Waals surface area contributed by atoms with E-state index in [4.69, 9.17) is 14.2 Å². The van der Waals surface area contributed by atoms with E-state index in [1.807, 2.05) is 0 Å². The van der Waals surface area contributed by atoms with Crippen molar-refractivity contribution in [2.45, 2.75) is 38.9 Å². The van der Waals surface area contributed by atoms with E-state index in [9.17, 15) is 13.6 Å². The monoisotopic (exact) mass is 314 g/mol. The van der Waals surface area contributed by atoms with Gasteiger partial charge in [0.15, 0.2) is 0 Å². The third kappa shape index (κ3) is 4.74. The van der Waals surface area contributed by atoms with E-state index in [0.717, 1.165) is 6.07 Å². The molecule has 1 heterocycles. The molecule has 0 aromatic heterocycles. The zero-order chi connectivity index (χ0) is 16.1. The molecule has 0 radical (unpaired) electrons. The van der Waals surface area contributed by atoms with E-state index in [1.165, 1.54) is 6.07 Å². The SMILES string of the molecule is CCOC(=O)CCc1c(F)cc(F)cc1[C@@H](C)OCC1CO1. The van der Waals surface area contributed by atoms with Crippen LogP contribution in [0.15, 0.2) is 12.1 Å². The Balaban J connectivity index is 2.09. The molecule has 1 fully saturated rings. The van der Waals surface area contributed by atoms with Crippen molar-refractivity contribution in [2.24, 2.45) is 0 Å². The van der Waals surface area contributed by atoms with Crippen molar-refractivity contribution in [1.82, 2.24) is 0 Å². The minimum absolute atomic E-state index is 0.0435. The van der Waals surface area contributed by atoms with Crippen LogP contribution in [0, 0.1) is 11.6 Å². The van der Waals surface area contributed by atoms with Gasteiger partial charge in [0.05, 0.1) is 25.9 Å². The summed E-state index contributed by atoms with van der Waals surface area (Å²) in [6.07, 6.45) is -0.217. The number of esters is 1. The van der Waals surface area contributed by atoms with Crippen LogP contribution in [0.1, 0.15) is 37.5 Å². The number of epoxide rings is 1. The molecule has 6 heteroatoms. The second-order valence-electron chi connectivity index (χ2n) is 5.19. The van der Waals surface area contributed by atoms with E-state index >= 15 is 0 Å². The molecule has 0 saturated carbocycles. The standard InChI is InChI=1S/C16H20F2O4/c1-3-20-16(19)5-4-13-14(6-11(17)7-15(13)18)10(2)21-8-12-9-22-12/h6-7,10,12H,3-5,8-9H2,1-2H3/t10-,12?/m1/s1. The highest BCUT2D eigenvalue weighted by atomic mass is 19.1. The Morgan fingerprint density at radius 3 is 2.82 bits per heavy atom. The third-order valence-electron chi connectivity index (χ3n) is 3.45. The summed E-state index contributed by atoms with van der Waals surface area (Å²) in [5.41, 5.74) is 0.709. The van der Waals surface area contributed by atoms with Crippen LogP contribution >= 0.6 is 0 Å². The van der Waals surface area contributed by atoms with Crippen molar-refractivity contribution in [2.75, 3.05) is 19.8 Å². The lowest BCUT2D eigenvalue weighted by Gasteiger charge is -2.18. The molecule has 1 saturated heterocycles. The van der Waals surface area contributed by atoms with Crippen LogP contribution in [0.2, 0.25) is 0 Å². The molecule has 1 aromatic carbocycles. The van der Waals surface area contributed by atoms with Crippen LogP contribution in [0.4, 0.5) is 8.78 Å². The molecule has 0 amide bonds. The molecule has 122 valence electrons. The number of carbonyl (C=O) groups excluding carboxylic acids is 1. The molecule has 1 aromatic rings. The van der Waals surface area contributed by atoms with Crippen LogP contribution < -0.4 is 0 Å². The second kappa shape index (κ2) is 7.65. The minimum Gasteiger partial charge on any atom is -0.466 e. The minimum atomic E-state index is -0.669.